The molecule has 2 aliphatic rings. The molecule has 2 heterocycles. The van der Waals surface area contributed by atoms with E-state index in [1.165, 1.54) is 0 Å². The maximum Gasteiger partial charge on any atom is 0.195 e. The van der Waals surface area contributed by atoms with E-state index in [0.717, 1.165) is 54.0 Å². The third-order valence-corrected chi connectivity index (χ3v) is 10.2. The van der Waals surface area contributed by atoms with Gasteiger partial charge in [0.25, 0.3) is 0 Å². The van der Waals surface area contributed by atoms with E-state index in [-0.39, 0.29) is 5.78 Å². The number of nitrogen functional groups attached to an aromatic ring is 1. The highest BCUT2D eigenvalue weighted by Gasteiger charge is 2.41. The Hall–Kier alpha value is -2.81. The molecule has 1 unspecified atom stereocenters. The van der Waals surface area contributed by atoms with Gasteiger partial charge in [-0.3, -0.25) is 9.69 Å². The van der Waals surface area contributed by atoms with Gasteiger partial charge in [-0.05, 0) is 63.6 Å². The summed E-state index contributed by atoms with van der Waals surface area (Å²) in [5.41, 5.74) is 11.1. The Morgan fingerprint density at radius 2 is 1.78 bits per heavy atom. The van der Waals surface area contributed by atoms with Gasteiger partial charge in [0, 0.05) is 65.5 Å². The molecule has 0 amide bonds. The fraction of sp³-hybridized carbons (Fsp3) is 0.429. The Kier molecular flexibility index (Phi) is 5.78. The van der Waals surface area contributed by atoms with E-state index >= 15 is 0 Å². The van der Waals surface area contributed by atoms with Crippen molar-refractivity contribution < 1.29 is 9.00 Å². The minimum absolute atomic E-state index is 0.0540. The molecule has 3 N–H and O–H groups in total. The van der Waals surface area contributed by atoms with Crippen LogP contribution in [0.3, 0.4) is 0 Å². The molecule has 5 rings (SSSR count). The second-order valence-corrected chi connectivity index (χ2v) is 13.5. The van der Waals surface area contributed by atoms with E-state index in [0.29, 0.717) is 27.8 Å². The van der Waals surface area contributed by atoms with E-state index in [9.17, 15) is 9.00 Å². The van der Waals surface area contributed by atoms with Crippen molar-refractivity contribution in [3.8, 4) is 0 Å². The lowest BCUT2D eigenvalue weighted by Crippen LogP contribution is -2.49. The molecule has 0 radical (unpaired) electrons. The molecule has 36 heavy (non-hydrogen) atoms. The summed E-state index contributed by atoms with van der Waals surface area (Å²) in [5, 5.41) is 0.862. The number of rotatable bonds is 4. The molecule has 3 aromatic rings. The summed E-state index contributed by atoms with van der Waals surface area (Å²) in [6.45, 7) is 12.3. The normalized spacial score (nSPS) is 19.6. The van der Waals surface area contributed by atoms with Gasteiger partial charge >= 0.3 is 0 Å². The van der Waals surface area contributed by atoms with E-state index < -0.39 is 15.1 Å². The van der Waals surface area contributed by atoms with Crippen molar-refractivity contribution in [3.05, 3.63) is 52.7 Å². The van der Waals surface area contributed by atoms with Crippen LogP contribution in [0.2, 0.25) is 0 Å². The molecule has 0 saturated carbocycles. The lowest BCUT2D eigenvalue weighted by atomic mass is 9.71. The summed E-state index contributed by atoms with van der Waals surface area (Å²) in [4.78, 5) is 22.9. The first kappa shape index (κ1) is 24.9. The van der Waals surface area contributed by atoms with Gasteiger partial charge in [-0.15, -0.1) is 0 Å². The second kappa shape index (κ2) is 8.36. The number of nitrogens with zero attached hydrogens (tertiary/aromatic N) is 3. The van der Waals surface area contributed by atoms with Crippen molar-refractivity contribution in [2.75, 3.05) is 50.9 Å². The number of aromatic amines is 1. The first-order valence-corrected chi connectivity index (χ1v) is 14.2. The predicted molar refractivity (Wildman–Crippen MR) is 151 cm³/mol. The molecule has 1 aromatic heterocycles. The lowest BCUT2D eigenvalue weighted by Gasteiger charge is -2.41. The standard InChI is InChI=1S/C28H37N5O2S/c1-17(2)32-10-12-33(13-11-32)23-16-21-20(15-24(23)36(7,35)31(5)6)26(34)25-19-9-8-18(29)14-22(19)30-27(25)28(21,3)4/h8-9,14-17,30H,7,10-13,29H2,1-6H3. The van der Waals surface area contributed by atoms with Crippen molar-refractivity contribution >= 4 is 43.6 Å². The Morgan fingerprint density at radius 3 is 2.39 bits per heavy atom. The molecule has 192 valence electrons. The van der Waals surface area contributed by atoms with Crippen LogP contribution in [0.5, 0.6) is 0 Å². The van der Waals surface area contributed by atoms with Crippen molar-refractivity contribution in [2.45, 2.75) is 44.0 Å². The molecule has 1 aliphatic carbocycles. The number of carbonyl (C=O) groups is 1. The second-order valence-electron chi connectivity index (χ2n) is 11.1. The summed E-state index contributed by atoms with van der Waals surface area (Å²) >= 11 is 0. The van der Waals surface area contributed by atoms with Crippen LogP contribution in [0.4, 0.5) is 11.4 Å². The number of hydrogen-bond acceptors (Lipinski definition) is 5. The first-order valence-electron chi connectivity index (χ1n) is 12.5. The molecule has 8 heteroatoms. The van der Waals surface area contributed by atoms with Gasteiger partial charge in [0.05, 0.1) is 25.9 Å². The maximum absolute atomic E-state index is 14.0. The molecule has 7 nitrogen and oxygen atoms in total. The van der Waals surface area contributed by atoms with Gasteiger partial charge in [-0.2, -0.15) is 0 Å². The molecule has 1 atom stereocenters. The highest BCUT2D eigenvalue weighted by atomic mass is 32.2. The number of nitrogens with one attached hydrogen (secondary N) is 1. The zero-order valence-corrected chi connectivity index (χ0v) is 23.0. The van der Waals surface area contributed by atoms with E-state index in [4.69, 9.17) is 5.73 Å². The van der Waals surface area contributed by atoms with Crippen LogP contribution in [0.1, 0.15) is 54.9 Å². The van der Waals surface area contributed by atoms with Crippen LogP contribution in [0, 0.1) is 0 Å². The minimum atomic E-state index is -2.79. The van der Waals surface area contributed by atoms with E-state index in [1.807, 2.05) is 24.3 Å². The SMILES string of the molecule is C=S(=O)(c1cc2c(cc1N1CCN(C(C)C)CC1)C(C)(C)c1[nH]c3cc(N)ccc3c1C2=O)N(C)C. The number of ketones is 1. The first-order chi connectivity index (χ1) is 16.8. The summed E-state index contributed by atoms with van der Waals surface area (Å²) in [7, 11) is 0.770. The lowest BCUT2D eigenvalue weighted by molar-refractivity contribution is 0.103. The summed E-state index contributed by atoms with van der Waals surface area (Å²) < 4.78 is 15.6. The van der Waals surface area contributed by atoms with Gasteiger partial charge in [0.1, 0.15) is 0 Å². The van der Waals surface area contributed by atoms with Gasteiger partial charge in [-0.1, -0.05) is 19.9 Å². The summed E-state index contributed by atoms with van der Waals surface area (Å²) in [6, 6.07) is 10.1. The summed E-state index contributed by atoms with van der Waals surface area (Å²) in [5.74, 6) is 4.07. The molecule has 1 fully saturated rings. The number of carbonyl (C=O) groups excluding carboxylic acids is 1. The quantitative estimate of drug-likeness (QED) is 0.415. The minimum Gasteiger partial charge on any atom is -0.399 e. The molecule has 1 aliphatic heterocycles. The maximum atomic E-state index is 14.0. The zero-order chi connectivity index (χ0) is 26.2. The molecule has 2 aromatic carbocycles. The van der Waals surface area contributed by atoms with Crippen LogP contribution in [-0.4, -0.2) is 76.4 Å². The van der Waals surface area contributed by atoms with Crippen LogP contribution in [0.25, 0.3) is 10.9 Å². The van der Waals surface area contributed by atoms with Crippen LogP contribution in [0.15, 0.2) is 35.2 Å². The number of nitrogens with two attached hydrogens (primary N) is 1. The predicted octanol–water partition coefficient (Wildman–Crippen LogP) is 3.70. The molecule has 0 bridgehead atoms. The van der Waals surface area contributed by atoms with Crippen LogP contribution < -0.4 is 10.6 Å². The number of hydrogen-bond donors (Lipinski definition) is 2. The third-order valence-electron chi connectivity index (χ3n) is 8.01. The Labute approximate surface area is 214 Å². The number of anilines is 2. The van der Waals surface area contributed by atoms with Crippen molar-refractivity contribution in [2.24, 2.45) is 0 Å². The zero-order valence-electron chi connectivity index (χ0n) is 22.1. The average molecular weight is 508 g/mol. The Morgan fingerprint density at radius 1 is 1.11 bits per heavy atom. The van der Waals surface area contributed by atoms with Gasteiger partial charge in [0.15, 0.2) is 5.78 Å². The fourth-order valence-electron chi connectivity index (χ4n) is 5.64. The number of H-pyrrole nitrogens is 1. The van der Waals surface area contributed by atoms with Gasteiger partial charge in [0.2, 0.25) is 0 Å². The van der Waals surface area contributed by atoms with E-state index in [2.05, 4.69) is 54.4 Å². The highest BCUT2D eigenvalue weighted by molar-refractivity contribution is 7.98. The average Bonchev–Trinajstić information content (AvgIpc) is 3.21. The van der Waals surface area contributed by atoms with Crippen LogP contribution >= 0.6 is 0 Å². The van der Waals surface area contributed by atoms with Gasteiger partial charge < -0.3 is 15.6 Å². The van der Waals surface area contributed by atoms with Crippen LogP contribution in [-0.2, 0) is 15.1 Å². The highest BCUT2D eigenvalue weighted by Crippen LogP contribution is 2.46. The largest absolute Gasteiger partial charge is 0.399 e. The number of fused-ring (bicyclic) bond motifs is 4. The third kappa shape index (κ3) is 3.66. The molecular weight excluding hydrogens is 470 g/mol. The van der Waals surface area contributed by atoms with E-state index in [1.54, 1.807) is 18.4 Å². The Bertz CT molecular complexity index is 1480. The van der Waals surface area contributed by atoms with Crippen molar-refractivity contribution in [1.29, 1.82) is 0 Å². The fourth-order valence-corrected chi connectivity index (χ4v) is 6.85. The van der Waals surface area contributed by atoms with Crippen molar-refractivity contribution in [3.63, 3.8) is 0 Å². The summed E-state index contributed by atoms with van der Waals surface area (Å²) in [6.07, 6.45) is 0. The number of benzene rings is 2. The monoisotopic (exact) mass is 507 g/mol. The molecule has 0 spiro atoms. The number of piperazine rings is 1. The van der Waals surface area contributed by atoms with Crippen molar-refractivity contribution in [1.82, 2.24) is 14.2 Å². The Balaban J connectivity index is 1.72. The molecule has 1 saturated heterocycles. The number of aromatic nitrogens is 1. The topological polar surface area (TPSA) is 85.7 Å². The molecular formula is C28H37N5O2S. The smallest absolute Gasteiger partial charge is 0.195 e. The van der Waals surface area contributed by atoms with Gasteiger partial charge in [-0.25, -0.2) is 8.51 Å².